The molecule has 0 saturated heterocycles. The molecule has 4 aromatic rings. The van der Waals surface area contributed by atoms with Crippen LogP contribution in [0.25, 0.3) is 16.9 Å². The number of nitrogens with zero attached hydrogens (tertiary/aromatic N) is 4. The van der Waals surface area contributed by atoms with Crippen molar-refractivity contribution in [3.05, 3.63) is 66.7 Å². The summed E-state index contributed by atoms with van der Waals surface area (Å²) in [5.41, 5.74) is 3.48. The molecule has 0 radical (unpaired) electrons. The van der Waals surface area contributed by atoms with Gasteiger partial charge in [0.1, 0.15) is 0 Å². The molecule has 0 aliphatic carbocycles. The Hall–Kier alpha value is -3.48. The van der Waals surface area contributed by atoms with Crippen molar-refractivity contribution in [2.45, 2.75) is 0 Å². The largest absolute Gasteiger partial charge is 0.349 e. The van der Waals surface area contributed by atoms with Crippen molar-refractivity contribution >= 4 is 17.2 Å². The zero-order valence-corrected chi connectivity index (χ0v) is 13.0. The zero-order chi connectivity index (χ0) is 16.5. The number of hydrogen-bond donors (Lipinski definition) is 2. The summed E-state index contributed by atoms with van der Waals surface area (Å²) in [6, 6.07) is 13.4. The summed E-state index contributed by atoms with van der Waals surface area (Å²) < 4.78 is 3.28. The van der Waals surface area contributed by atoms with Gasteiger partial charge in [-0.05, 0) is 4.98 Å². The summed E-state index contributed by atoms with van der Waals surface area (Å²) in [5, 5.41) is 9.92. The summed E-state index contributed by atoms with van der Waals surface area (Å²) in [4.78, 5) is 17.3. The van der Waals surface area contributed by atoms with Gasteiger partial charge in [0, 0.05) is 31.1 Å². The second-order valence-corrected chi connectivity index (χ2v) is 5.41. The number of hydrogen-bond acceptors (Lipinski definition) is 3. The van der Waals surface area contributed by atoms with E-state index in [-0.39, 0.29) is 5.91 Å². The first-order chi connectivity index (χ1) is 11.7. The van der Waals surface area contributed by atoms with Gasteiger partial charge in [0.25, 0.3) is 5.91 Å². The molecule has 118 valence electrons. The Labute approximate surface area is 137 Å². The van der Waals surface area contributed by atoms with Crippen LogP contribution in [0.3, 0.4) is 0 Å². The van der Waals surface area contributed by atoms with Gasteiger partial charge in [-0.2, -0.15) is 5.10 Å². The molecule has 4 rings (SSSR count). The van der Waals surface area contributed by atoms with E-state index in [1.54, 1.807) is 40.9 Å². The van der Waals surface area contributed by atoms with E-state index in [1.165, 1.54) is 0 Å². The lowest BCUT2D eigenvalue weighted by Crippen LogP contribution is -2.35. The van der Waals surface area contributed by atoms with Crippen LogP contribution in [0.5, 0.6) is 0 Å². The first-order valence-electron chi connectivity index (χ1n) is 7.46. The second-order valence-electron chi connectivity index (χ2n) is 5.41. The number of rotatable bonds is 3. The van der Waals surface area contributed by atoms with E-state index in [0.29, 0.717) is 17.0 Å². The van der Waals surface area contributed by atoms with Crippen LogP contribution in [0.15, 0.2) is 61.1 Å². The Morgan fingerprint density at radius 3 is 2.83 bits per heavy atom. The molecule has 0 saturated carbocycles. The number of H-pyrrole nitrogens is 1. The van der Waals surface area contributed by atoms with E-state index in [0.717, 1.165) is 11.3 Å². The number of amides is 1. The minimum Gasteiger partial charge on any atom is -0.316 e. The summed E-state index contributed by atoms with van der Waals surface area (Å²) in [5.74, 6) is -0.236. The number of aryl methyl sites for hydroxylation is 1. The van der Waals surface area contributed by atoms with Crippen molar-refractivity contribution < 1.29 is 9.31 Å². The lowest BCUT2D eigenvalue weighted by atomic mass is 10.1. The Bertz CT molecular complexity index is 1020. The van der Waals surface area contributed by atoms with Crippen LogP contribution in [-0.2, 0) is 7.05 Å². The molecule has 0 spiro atoms. The molecule has 7 heteroatoms. The van der Waals surface area contributed by atoms with E-state index in [2.05, 4.69) is 20.5 Å². The summed E-state index contributed by atoms with van der Waals surface area (Å²) >= 11 is 0. The number of fused-ring (bicyclic) bond motifs is 1. The molecule has 7 nitrogen and oxygen atoms in total. The number of aromatic nitrogens is 5. The van der Waals surface area contributed by atoms with Crippen LogP contribution in [0.2, 0.25) is 0 Å². The highest BCUT2D eigenvalue weighted by atomic mass is 16.2. The van der Waals surface area contributed by atoms with E-state index < -0.39 is 0 Å². The molecular weight excluding hydrogens is 304 g/mol. The van der Waals surface area contributed by atoms with Crippen molar-refractivity contribution in [2.75, 3.05) is 5.32 Å². The normalized spacial score (nSPS) is 10.9. The van der Waals surface area contributed by atoms with E-state index in [4.69, 9.17) is 0 Å². The number of aromatic amines is 1. The van der Waals surface area contributed by atoms with Crippen molar-refractivity contribution in [1.82, 2.24) is 19.9 Å². The van der Waals surface area contributed by atoms with Crippen LogP contribution < -0.4 is 9.83 Å². The van der Waals surface area contributed by atoms with Crippen molar-refractivity contribution in [3.8, 4) is 11.3 Å². The Morgan fingerprint density at radius 1 is 1.25 bits per heavy atom. The minimum absolute atomic E-state index is 0.236. The van der Waals surface area contributed by atoms with Gasteiger partial charge in [0.05, 0.1) is 18.0 Å². The van der Waals surface area contributed by atoms with Gasteiger partial charge < -0.3 is 5.32 Å². The third-order valence-electron chi connectivity index (χ3n) is 3.68. The summed E-state index contributed by atoms with van der Waals surface area (Å²) in [6.45, 7) is 0. The van der Waals surface area contributed by atoms with Crippen LogP contribution in [0.4, 0.5) is 5.69 Å². The van der Waals surface area contributed by atoms with Gasteiger partial charge in [-0.15, -0.1) is 4.52 Å². The molecule has 1 aromatic carbocycles. The van der Waals surface area contributed by atoms with Crippen molar-refractivity contribution in [3.63, 3.8) is 0 Å². The average Bonchev–Trinajstić information content (AvgIpc) is 3.23. The van der Waals surface area contributed by atoms with Crippen molar-refractivity contribution in [2.24, 2.45) is 7.05 Å². The lowest BCUT2D eigenvalue weighted by molar-refractivity contribution is -0.581. The SMILES string of the molecule is Cn1cc(NC(=O)c2cc(-c3ccccc3)nc3cc[nH][n+]23)cn1. The van der Waals surface area contributed by atoms with Crippen molar-refractivity contribution in [1.29, 1.82) is 0 Å². The maximum absolute atomic E-state index is 12.7. The first kappa shape index (κ1) is 14.1. The standard InChI is InChI=1S/C17H14N6O/c1-22-11-13(10-19-22)20-17(24)15-9-14(12-5-3-2-4-6-12)21-16-7-8-18-23(15)16/h2-11H,1H3,(H,20,24)/p+1. The number of carbonyl (C=O) groups is 1. The molecule has 0 fully saturated rings. The Balaban J connectivity index is 1.78. The van der Waals surface area contributed by atoms with Crippen LogP contribution >= 0.6 is 0 Å². The molecule has 3 aromatic heterocycles. The predicted octanol–water partition coefficient (Wildman–Crippen LogP) is 1.80. The third kappa shape index (κ3) is 2.52. The number of nitrogens with one attached hydrogen (secondary N) is 2. The molecule has 3 heterocycles. The van der Waals surface area contributed by atoms with Gasteiger partial charge in [-0.1, -0.05) is 30.3 Å². The fourth-order valence-corrected chi connectivity index (χ4v) is 2.56. The molecule has 0 atom stereocenters. The molecule has 0 aliphatic heterocycles. The molecule has 0 aliphatic rings. The zero-order valence-electron chi connectivity index (χ0n) is 13.0. The molecule has 0 bridgehead atoms. The maximum Gasteiger partial charge on any atom is 0.349 e. The monoisotopic (exact) mass is 319 g/mol. The minimum atomic E-state index is -0.236. The Morgan fingerprint density at radius 2 is 2.08 bits per heavy atom. The smallest absolute Gasteiger partial charge is 0.316 e. The van der Waals surface area contributed by atoms with Gasteiger partial charge in [0.2, 0.25) is 5.69 Å². The van der Waals surface area contributed by atoms with E-state index in [1.807, 2.05) is 36.4 Å². The summed E-state index contributed by atoms with van der Waals surface area (Å²) in [6.07, 6.45) is 5.10. The molecule has 0 unspecified atom stereocenters. The number of carbonyl (C=O) groups excluding carboxylic acids is 1. The summed E-state index contributed by atoms with van der Waals surface area (Å²) in [7, 11) is 1.80. The highest BCUT2D eigenvalue weighted by Gasteiger charge is 2.22. The molecular formula is C17H15N6O+. The van der Waals surface area contributed by atoms with E-state index in [9.17, 15) is 4.79 Å². The van der Waals surface area contributed by atoms with Gasteiger partial charge in [0.15, 0.2) is 5.69 Å². The lowest BCUT2D eigenvalue weighted by Gasteiger charge is -2.02. The molecule has 24 heavy (non-hydrogen) atoms. The first-order valence-corrected chi connectivity index (χ1v) is 7.46. The number of anilines is 1. The Kier molecular flexibility index (Phi) is 3.31. The molecule has 1 amide bonds. The second kappa shape index (κ2) is 5.62. The van der Waals surface area contributed by atoms with Crippen LogP contribution in [0.1, 0.15) is 10.5 Å². The predicted molar refractivity (Wildman–Crippen MR) is 88.3 cm³/mol. The third-order valence-corrected chi connectivity index (χ3v) is 3.68. The number of benzene rings is 1. The maximum atomic E-state index is 12.7. The topological polar surface area (TPSA) is 79.7 Å². The van der Waals surface area contributed by atoms with E-state index >= 15 is 0 Å². The quantitative estimate of drug-likeness (QED) is 0.565. The van der Waals surface area contributed by atoms with Gasteiger partial charge >= 0.3 is 5.65 Å². The highest BCUT2D eigenvalue weighted by Crippen LogP contribution is 2.17. The van der Waals surface area contributed by atoms with Crippen LogP contribution in [0, 0.1) is 0 Å². The molecule has 2 N–H and O–H groups in total. The van der Waals surface area contributed by atoms with Gasteiger partial charge in [-0.25, -0.2) is 5.10 Å². The van der Waals surface area contributed by atoms with Gasteiger partial charge in [-0.3, -0.25) is 9.48 Å². The highest BCUT2D eigenvalue weighted by molar-refractivity contribution is 6.02. The fraction of sp³-hybridized carbons (Fsp3) is 0.0588. The average molecular weight is 319 g/mol. The fourth-order valence-electron chi connectivity index (χ4n) is 2.56. The van der Waals surface area contributed by atoms with Crippen LogP contribution in [-0.4, -0.2) is 25.8 Å².